The van der Waals surface area contributed by atoms with E-state index in [1.165, 1.54) is 10.8 Å². The number of aryl methyl sites for hydroxylation is 1. The van der Waals surface area contributed by atoms with Gasteiger partial charge >= 0.3 is 5.69 Å². The normalized spacial score (nSPS) is 13.2. The molecule has 0 unspecified atom stereocenters. The van der Waals surface area contributed by atoms with Crippen LogP contribution in [-0.2, 0) is 6.54 Å². The summed E-state index contributed by atoms with van der Waals surface area (Å²) in [5.74, 6) is 1.21. The summed E-state index contributed by atoms with van der Waals surface area (Å²) in [6, 6.07) is 3.45. The molecule has 3 N–H and O–H groups in total. The van der Waals surface area contributed by atoms with Crippen molar-refractivity contribution in [2.75, 3.05) is 18.9 Å². The average molecular weight is 289 g/mol. The lowest BCUT2D eigenvalue weighted by Crippen LogP contribution is -2.31. The first-order chi connectivity index (χ1) is 10.0. The highest BCUT2D eigenvalue weighted by Crippen LogP contribution is 2.34. The Morgan fingerprint density at radius 2 is 1.90 bits per heavy atom. The van der Waals surface area contributed by atoms with Crippen molar-refractivity contribution in [3.05, 3.63) is 50.3 Å². The number of nitrogens with zero attached hydrogens (tertiary/aromatic N) is 1. The van der Waals surface area contributed by atoms with Crippen LogP contribution in [0.3, 0.4) is 0 Å². The van der Waals surface area contributed by atoms with Gasteiger partial charge in [0.1, 0.15) is 13.2 Å². The maximum absolute atomic E-state index is 11.8. The lowest BCUT2D eigenvalue weighted by molar-refractivity contribution is 0.171. The highest BCUT2D eigenvalue weighted by Gasteiger charge is 2.15. The molecule has 0 spiro atoms. The molecule has 2 aromatic rings. The molecule has 0 aliphatic carbocycles. The van der Waals surface area contributed by atoms with Gasteiger partial charge in [0.15, 0.2) is 11.5 Å². The number of benzene rings is 1. The van der Waals surface area contributed by atoms with E-state index in [0.29, 0.717) is 36.0 Å². The van der Waals surface area contributed by atoms with Crippen molar-refractivity contribution in [3.8, 4) is 11.5 Å². The largest absolute Gasteiger partial charge is 0.486 e. The second-order valence-electron chi connectivity index (χ2n) is 4.89. The number of rotatable bonds is 2. The zero-order valence-electron chi connectivity index (χ0n) is 11.5. The summed E-state index contributed by atoms with van der Waals surface area (Å²) in [4.78, 5) is 25.4. The Bertz CT molecular complexity index is 807. The Hall–Kier alpha value is -2.70. The van der Waals surface area contributed by atoms with Crippen molar-refractivity contribution in [3.63, 3.8) is 0 Å². The van der Waals surface area contributed by atoms with Crippen molar-refractivity contribution >= 4 is 5.69 Å². The molecular formula is C14H15N3O4. The van der Waals surface area contributed by atoms with E-state index >= 15 is 0 Å². The van der Waals surface area contributed by atoms with Gasteiger partial charge in [-0.15, -0.1) is 0 Å². The van der Waals surface area contributed by atoms with Crippen LogP contribution in [0.15, 0.2) is 27.9 Å². The van der Waals surface area contributed by atoms with E-state index in [0.717, 1.165) is 5.56 Å². The summed E-state index contributed by atoms with van der Waals surface area (Å²) in [5.41, 5.74) is 6.83. The number of hydrogen-bond acceptors (Lipinski definition) is 5. The molecule has 7 nitrogen and oxygen atoms in total. The summed E-state index contributed by atoms with van der Waals surface area (Å²) >= 11 is 0. The van der Waals surface area contributed by atoms with Crippen molar-refractivity contribution < 1.29 is 9.47 Å². The van der Waals surface area contributed by atoms with E-state index in [1.807, 2.05) is 0 Å². The van der Waals surface area contributed by atoms with Crippen LogP contribution in [0.2, 0.25) is 0 Å². The number of aromatic amines is 1. The van der Waals surface area contributed by atoms with E-state index in [1.54, 1.807) is 19.1 Å². The molecule has 0 fully saturated rings. The van der Waals surface area contributed by atoms with Crippen LogP contribution in [0.5, 0.6) is 11.5 Å². The SMILES string of the molecule is Cc1cn(Cc2cc3c(cc2N)OCCO3)c(=O)[nH]c1=O. The first-order valence-electron chi connectivity index (χ1n) is 6.53. The molecule has 0 saturated heterocycles. The van der Waals surface area contributed by atoms with E-state index in [2.05, 4.69) is 4.98 Å². The quantitative estimate of drug-likeness (QED) is 0.772. The summed E-state index contributed by atoms with van der Waals surface area (Å²) in [6.45, 7) is 2.86. The Morgan fingerprint density at radius 1 is 1.24 bits per heavy atom. The molecular weight excluding hydrogens is 274 g/mol. The Balaban J connectivity index is 2.00. The molecule has 1 aliphatic rings. The molecule has 0 saturated carbocycles. The topological polar surface area (TPSA) is 99.3 Å². The minimum absolute atomic E-state index is 0.249. The van der Waals surface area contributed by atoms with Gasteiger partial charge in [-0.05, 0) is 18.6 Å². The fourth-order valence-corrected chi connectivity index (χ4v) is 2.20. The lowest BCUT2D eigenvalue weighted by atomic mass is 10.1. The number of H-pyrrole nitrogens is 1. The van der Waals surface area contributed by atoms with Crippen LogP contribution in [0.1, 0.15) is 11.1 Å². The molecule has 0 atom stereocenters. The van der Waals surface area contributed by atoms with Crippen LogP contribution in [0.25, 0.3) is 0 Å². The van der Waals surface area contributed by atoms with E-state index in [-0.39, 0.29) is 12.1 Å². The average Bonchev–Trinajstić information content (AvgIpc) is 2.45. The molecule has 0 bridgehead atoms. The zero-order chi connectivity index (χ0) is 15.0. The molecule has 0 radical (unpaired) electrons. The fourth-order valence-electron chi connectivity index (χ4n) is 2.20. The summed E-state index contributed by atoms with van der Waals surface area (Å²) in [6.07, 6.45) is 1.51. The van der Waals surface area contributed by atoms with Crippen LogP contribution in [0.4, 0.5) is 5.69 Å². The first-order valence-corrected chi connectivity index (χ1v) is 6.53. The second-order valence-corrected chi connectivity index (χ2v) is 4.89. The van der Waals surface area contributed by atoms with Gasteiger partial charge in [-0.2, -0.15) is 0 Å². The Kier molecular flexibility index (Phi) is 3.17. The molecule has 1 aromatic carbocycles. The first kappa shape index (κ1) is 13.3. The predicted molar refractivity (Wildman–Crippen MR) is 77.0 cm³/mol. The number of aromatic nitrogens is 2. The standard InChI is InChI=1S/C14H15N3O4/c1-8-6-17(14(19)16-13(8)18)7-9-4-11-12(5-10(9)15)21-3-2-20-11/h4-6H,2-3,7,15H2,1H3,(H,16,18,19). The van der Waals surface area contributed by atoms with Gasteiger partial charge in [0.05, 0.1) is 6.54 Å². The van der Waals surface area contributed by atoms with Crippen molar-refractivity contribution in [1.29, 1.82) is 0 Å². The fraction of sp³-hybridized carbons (Fsp3) is 0.286. The zero-order valence-corrected chi connectivity index (χ0v) is 11.5. The van der Waals surface area contributed by atoms with Gasteiger partial charge in [-0.1, -0.05) is 0 Å². The van der Waals surface area contributed by atoms with E-state index in [9.17, 15) is 9.59 Å². The molecule has 21 heavy (non-hydrogen) atoms. The molecule has 110 valence electrons. The molecule has 3 rings (SSSR count). The number of nitrogens with one attached hydrogen (secondary N) is 1. The summed E-state index contributed by atoms with van der Waals surface area (Å²) in [7, 11) is 0. The summed E-state index contributed by atoms with van der Waals surface area (Å²) in [5, 5.41) is 0. The highest BCUT2D eigenvalue weighted by molar-refractivity contribution is 5.58. The van der Waals surface area contributed by atoms with Crippen LogP contribution < -0.4 is 26.5 Å². The molecule has 7 heteroatoms. The number of fused-ring (bicyclic) bond motifs is 1. The number of hydrogen-bond donors (Lipinski definition) is 2. The minimum Gasteiger partial charge on any atom is -0.486 e. The number of nitrogen functional groups attached to an aromatic ring is 1. The van der Waals surface area contributed by atoms with Gasteiger partial charge in [-0.25, -0.2) is 4.79 Å². The minimum atomic E-state index is -0.472. The van der Waals surface area contributed by atoms with Gasteiger partial charge in [0.25, 0.3) is 5.56 Å². The summed E-state index contributed by atoms with van der Waals surface area (Å²) < 4.78 is 12.4. The van der Waals surface area contributed by atoms with Crippen molar-refractivity contribution in [2.24, 2.45) is 0 Å². The Labute approximate surface area is 119 Å². The monoisotopic (exact) mass is 289 g/mol. The van der Waals surface area contributed by atoms with Crippen molar-refractivity contribution in [2.45, 2.75) is 13.5 Å². The molecule has 0 amide bonds. The highest BCUT2D eigenvalue weighted by atomic mass is 16.6. The smallest absolute Gasteiger partial charge is 0.328 e. The van der Waals surface area contributed by atoms with Gasteiger partial charge in [-0.3, -0.25) is 14.3 Å². The maximum Gasteiger partial charge on any atom is 0.328 e. The molecule has 2 heterocycles. The predicted octanol–water partition coefficient (Wildman–Crippen LogP) is 0.247. The molecule has 1 aliphatic heterocycles. The van der Waals surface area contributed by atoms with E-state index < -0.39 is 5.69 Å². The van der Waals surface area contributed by atoms with Crippen molar-refractivity contribution in [1.82, 2.24) is 9.55 Å². The number of anilines is 1. The molecule has 1 aromatic heterocycles. The third-order valence-electron chi connectivity index (χ3n) is 3.33. The van der Waals surface area contributed by atoms with E-state index in [4.69, 9.17) is 15.2 Å². The number of ether oxygens (including phenoxy) is 2. The van der Waals surface area contributed by atoms with Gasteiger partial charge in [0.2, 0.25) is 0 Å². The third kappa shape index (κ3) is 2.49. The van der Waals surface area contributed by atoms with Gasteiger partial charge < -0.3 is 15.2 Å². The van der Waals surface area contributed by atoms with Gasteiger partial charge in [0, 0.05) is 23.5 Å². The van der Waals surface area contributed by atoms with Crippen LogP contribution in [-0.4, -0.2) is 22.8 Å². The van der Waals surface area contributed by atoms with Crippen LogP contribution in [0, 0.1) is 6.92 Å². The Morgan fingerprint density at radius 3 is 2.62 bits per heavy atom. The number of nitrogens with two attached hydrogens (primary N) is 1. The lowest BCUT2D eigenvalue weighted by Gasteiger charge is -2.20. The van der Waals surface area contributed by atoms with Crippen LogP contribution >= 0.6 is 0 Å². The maximum atomic E-state index is 11.8. The second kappa shape index (κ2) is 5.01. The third-order valence-corrected chi connectivity index (χ3v) is 3.33.